The monoisotopic (exact) mass is 219 g/mol. The number of hydrogen-bond acceptors (Lipinski definition) is 2. The van der Waals surface area contributed by atoms with Gasteiger partial charge in [0.25, 0.3) is 0 Å². The van der Waals surface area contributed by atoms with E-state index in [1.54, 1.807) is 24.5 Å². The predicted molar refractivity (Wildman–Crippen MR) is 57.7 cm³/mol. The maximum absolute atomic E-state index is 13.6. The minimum absolute atomic E-state index is 0.0711. The first-order valence-corrected chi connectivity index (χ1v) is 4.91. The van der Waals surface area contributed by atoms with Crippen molar-refractivity contribution in [3.63, 3.8) is 0 Å². The quantitative estimate of drug-likeness (QED) is 0.862. The molecule has 1 aromatic heterocycles. The molecule has 1 heterocycles. The summed E-state index contributed by atoms with van der Waals surface area (Å²) in [7, 11) is 0. The smallest absolute Gasteiger partial charge is 0.303 e. The molecule has 0 aliphatic rings. The third-order valence-electron chi connectivity index (χ3n) is 2.46. The van der Waals surface area contributed by atoms with Gasteiger partial charge in [0.15, 0.2) is 0 Å². The van der Waals surface area contributed by atoms with Gasteiger partial charge in [-0.3, -0.25) is 9.78 Å². The maximum atomic E-state index is 13.6. The number of hydrogen-bond donors (Lipinski definition) is 1. The molecule has 2 rings (SSSR count). The van der Waals surface area contributed by atoms with Crippen LogP contribution in [0.25, 0.3) is 10.8 Å². The third kappa shape index (κ3) is 2.00. The van der Waals surface area contributed by atoms with Gasteiger partial charge in [-0.15, -0.1) is 0 Å². The fourth-order valence-electron chi connectivity index (χ4n) is 1.69. The van der Waals surface area contributed by atoms with Gasteiger partial charge in [-0.1, -0.05) is 0 Å². The van der Waals surface area contributed by atoms with Crippen LogP contribution in [0.1, 0.15) is 12.0 Å². The van der Waals surface area contributed by atoms with Crippen molar-refractivity contribution >= 4 is 16.7 Å². The van der Waals surface area contributed by atoms with Crippen molar-refractivity contribution in [3.8, 4) is 0 Å². The zero-order chi connectivity index (χ0) is 11.5. The number of aryl methyl sites for hydroxylation is 1. The van der Waals surface area contributed by atoms with E-state index in [0.717, 1.165) is 10.8 Å². The van der Waals surface area contributed by atoms with E-state index in [2.05, 4.69) is 4.98 Å². The van der Waals surface area contributed by atoms with Gasteiger partial charge in [-0.05, 0) is 35.6 Å². The number of carboxylic acid groups (broad SMARTS) is 1. The molecule has 1 N–H and O–H groups in total. The summed E-state index contributed by atoms with van der Waals surface area (Å²) < 4.78 is 13.6. The van der Waals surface area contributed by atoms with E-state index in [9.17, 15) is 9.18 Å². The molecule has 0 radical (unpaired) electrons. The number of pyridine rings is 1. The third-order valence-corrected chi connectivity index (χ3v) is 2.46. The molecular weight excluding hydrogens is 209 g/mol. The van der Waals surface area contributed by atoms with E-state index in [0.29, 0.717) is 5.56 Å². The molecule has 0 aliphatic heterocycles. The van der Waals surface area contributed by atoms with Crippen LogP contribution in [0.2, 0.25) is 0 Å². The number of nitrogens with zero attached hydrogens (tertiary/aromatic N) is 1. The van der Waals surface area contributed by atoms with E-state index in [4.69, 9.17) is 5.11 Å². The lowest BCUT2D eigenvalue weighted by molar-refractivity contribution is -0.136. The molecule has 0 unspecified atom stereocenters. The SMILES string of the molecule is O=C(O)CCc1c(F)ccc2cnccc12. The van der Waals surface area contributed by atoms with Crippen molar-refractivity contribution in [1.82, 2.24) is 4.98 Å². The first kappa shape index (κ1) is 10.5. The summed E-state index contributed by atoms with van der Waals surface area (Å²) in [6.45, 7) is 0. The molecule has 82 valence electrons. The summed E-state index contributed by atoms with van der Waals surface area (Å²) in [5.41, 5.74) is 0.447. The van der Waals surface area contributed by atoms with E-state index < -0.39 is 5.97 Å². The molecule has 1 aromatic carbocycles. The van der Waals surface area contributed by atoms with E-state index in [1.807, 2.05) is 0 Å². The Morgan fingerprint density at radius 3 is 2.94 bits per heavy atom. The first-order valence-electron chi connectivity index (χ1n) is 4.91. The number of carboxylic acids is 1. The summed E-state index contributed by atoms with van der Waals surface area (Å²) >= 11 is 0. The summed E-state index contributed by atoms with van der Waals surface area (Å²) in [6.07, 6.45) is 3.34. The number of rotatable bonds is 3. The Balaban J connectivity index is 2.48. The van der Waals surface area contributed by atoms with Crippen LogP contribution in [0.15, 0.2) is 30.6 Å². The van der Waals surface area contributed by atoms with Crippen molar-refractivity contribution in [2.24, 2.45) is 0 Å². The van der Waals surface area contributed by atoms with Gasteiger partial charge in [-0.2, -0.15) is 0 Å². The highest BCUT2D eigenvalue weighted by Gasteiger charge is 2.09. The first-order chi connectivity index (χ1) is 7.68. The Bertz CT molecular complexity index is 540. The second kappa shape index (κ2) is 4.26. The molecule has 0 spiro atoms. The fraction of sp³-hybridized carbons (Fsp3) is 0.167. The van der Waals surface area contributed by atoms with Crippen LogP contribution < -0.4 is 0 Å². The van der Waals surface area contributed by atoms with Gasteiger partial charge in [0.1, 0.15) is 5.82 Å². The predicted octanol–water partition coefficient (Wildman–Crippen LogP) is 2.39. The van der Waals surface area contributed by atoms with Crippen molar-refractivity contribution in [2.75, 3.05) is 0 Å². The number of fused-ring (bicyclic) bond motifs is 1. The molecule has 0 atom stereocenters. The minimum Gasteiger partial charge on any atom is -0.481 e. The Morgan fingerprint density at radius 2 is 2.19 bits per heavy atom. The lowest BCUT2D eigenvalue weighted by Crippen LogP contribution is -2.00. The molecule has 3 nitrogen and oxygen atoms in total. The summed E-state index contributed by atoms with van der Waals surface area (Å²) in [6, 6.07) is 4.69. The van der Waals surface area contributed by atoms with E-state index in [-0.39, 0.29) is 18.7 Å². The lowest BCUT2D eigenvalue weighted by Gasteiger charge is -2.06. The molecule has 0 saturated heterocycles. The van der Waals surface area contributed by atoms with Crippen LogP contribution in [0, 0.1) is 5.82 Å². The highest BCUT2D eigenvalue weighted by Crippen LogP contribution is 2.22. The lowest BCUT2D eigenvalue weighted by atomic mass is 10.0. The van der Waals surface area contributed by atoms with Crippen molar-refractivity contribution in [3.05, 3.63) is 42.0 Å². The van der Waals surface area contributed by atoms with Gasteiger partial charge >= 0.3 is 5.97 Å². The Labute approximate surface area is 91.5 Å². The van der Waals surface area contributed by atoms with Crippen LogP contribution in [0.3, 0.4) is 0 Å². The van der Waals surface area contributed by atoms with Crippen LogP contribution in [-0.4, -0.2) is 16.1 Å². The van der Waals surface area contributed by atoms with Gasteiger partial charge in [0.05, 0.1) is 0 Å². The molecule has 0 bridgehead atoms. The minimum atomic E-state index is -0.926. The zero-order valence-corrected chi connectivity index (χ0v) is 8.48. The number of halogens is 1. The van der Waals surface area contributed by atoms with Crippen molar-refractivity contribution < 1.29 is 14.3 Å². The Hall–Kier alpha value is -1.97. The standard InChI is InChI=1S/C12H10FNO2/c13-11-3-1-8-7-14-6-5-9(8)10(11)2-4-12(15)16/h1,3,5-7H,2,4H2,(H,15,16). The van der Waals surface area contributed by atoms with Crippen LogP contribution in [0.4, 0.5) is 4.39 Å². The van der Waals surface area contributed by atoms with Crippen LogP contribution >= 0.6 is 0 Å². The molecule has 0 fully saturated rings. The molecule has 0 aliphatic carbocycles. The number of aromatic nitrogens is 1. The summed E-state index contributed by atoms with van der Waals surface area (Å²) in [5.74, 6) is -1.29. The molecule has 2 aromatic rings. The average molecular weight is 219 g/mol. The molecule has 4 heteroatoms. The van der Waals surface area contributed by atoms with Gasteiger partial charge in [-0.25, -0.2) is 4.39 Å². The second-order valence-electron chi connectivity index (χ2n) is 3.52. The largest absolute Gasteiger partial charge is 0.481 e. The van der Waals surface area contributed by atoms with Crippen LogP contribution in [-0.2, 0) is 11.2 Å². The van der Waals surface area contributed by atoms with Crippen molar-refractivity contribution in [1.29, 1.82) is 0 Å². The highest BCUT2D eigenvalue weighted by atomic mass is 19.1. The number of carbonyl (C=O) groups is 1. The topological polar surface area (TPSA) is 50.2 Å². The number of aliphatic carboxylic acids is 1. The van der Waals surface area contributed by atoms with Gasteiger partial charge in [0.2, 0.25) is 0 Å². The summed E-state index contributed by atoms with van der Waals surface area (Å²) in [5, 5.41) is 10.2. The Morgan fingerprint density at radius 1 is 1.38 bits per heavy atom. The van der Waals surface area contributed by atoms with E-state index >= 15 is 0 Å². The average Bonchev–Trinajstić information content (AvgIpc) is 2.27. The highest BCUT2D eigenvalue weighted by molar-refractivity contribution is 5.85. The Kier molecular flexibility index (Phi) is 2.81. The van der Waals surface area contributed by atoms with Gasteiger partial charge in [0, 0.05) is 24.2 Å². The van der Waals surface area contributed by atoms with E-state index in [1.165, 1.54) is 6.07 Å². The van der Waals surface area contributed by atoms with Crippen molar-refractivity contribution in [2.45, 2.75) is 12.8 Å². The maximum Gasteiger partial charge on any atom is 0.303 e. The molecule has 0 saturated carbocycles. The molecular formula is C12H10FNO2. The molecule has 16 heavy (non-hydrogen) atoms. The summed E-state index contributed by atoms with van der Waals surface area (Å²) in [4.78, 5) is 14.4. The number of benzene rings is 1. The second-order valence-corrected chi connectivity index (χ2v) is 3.52. The molecule has 0 amide bonds. The zero-order valence-electron chi connectivity index (χ0n) is 8.48. The van der Waals surface area contributed by atoms with Gasteiger partial charge < -0.3 is 5.11 Å². The van der Waals surface area contributed by atoms with Crippen LogP contribution in [0.5, 0.6) is 0 Å². The fourth-order valence-corrected chi connectivity index (χ4v) is 1.69. The normalized spacial score (nSPS) is 10.6.